The molecule has 3 rings (SSSR count). The number of halogens is 1. The fourth-order valence-corrected chi connectivity index (χ4v) is 5.00. The van der Waals surface area contributed by atoms with Crippen LogP contribution in [0.5, 0.6) is 5.75 Å². The molecule has 0 heterocycles. The van der Waals surface area contributed by atoms with Gasteiger partial charge in [-0.2, -0.15) is 0 Å². The van der Waals surface area contributed by atoms with Crippen molar-refractivity contribution in [2.45, 2.75) is 29.7 Å². The van der Waals surface area contributed by atoms with Gasteiger partial charge in [0, 0.05) is 10.6 Å². The fourth-order valence-electron chi connectivity index (χ4n) is 3.18. The smallest absolute Gasteiger partial charge is 0.255 e. The third kappa shape index (κ3) is 4.49. The number of carbonyl (C=O) groups excluding carboxylic acids is 1. The second-order valence-electron chi connectivity index (χ2n) is 7.56. The molecular formula is C23H23ClN2O5S. The van der Waals surface area contributed by atoms with E-state index in [1.54, 1.807) is 49.4 Å². The van der Waals surface area contributed by atoms with Gasteiger partial charge in [0.05, 0.1) is 16.6 Å². The lowest BCUT2D eigenvalue weighted by atomic mass is 10.0. The van der Waals surface area contributed by atoms with E-state index in [-0.39, 0.29) is 26.9 Å². The normalized spacial score (nSPS) is 14.4. The SMILES string of the molecule is Cc1cccc(S(=O)(=O)C(C)(O)C(N)c2cc(O)c(NC(=O)c3ccccc3)cc2Cl)c1. The number of anilines is 1. The molecule has 0 saturated carbocycles. The number of amides is 1. The van der Waals surface area contributed by atoms with Crippen LogP contribution in [0.4, 0.5) is 5.69 Å². The molecular weight excluding hydrogens is 452 g/mol. The lowest BCUT2D eigenvalue weighted by molar-refractivity contribution is 0.102. The zero-order chi connectivity index (χ0) is 23.7. The predicted octanol–water partition coefficient (Wildman–Crippen LogP) is 3.79. The van der Waals surface area contributed by atoms with Gasteiger partial charge in [-0.15, -0.1) is 0 Å². The molecule has 0 saturated heterocycles. The maximum atomic E-state index is 13.1. The molecule has 0 spiro atoms. The molecule has 32 heavy (non-hydrogen) atoms. The number of carbonyl (C=O) groups is 1. The third-order valence-electron chi connectivity index (χ3n) is 5.16. The number of benzene rings is 3. The molecule has 3 aromatic rings. The molecule has 0 radical (unpaired) electrons. The highest BCUT2D eigenvalue weighted by Gasteiger charge is 2.45. The predicted molar refractivity (Wildman–Crippen MR) is 123 cm³/mol. The molecule has 5 N–H and O–H groups in total. The van der Waals surface area contributed by atoms with Gasteiger partial charge in [0.1, 0.15) is 5.75 Å². The fraction of sp³-hybridized carbons (Fsp3) is 0.174. The van der Waals surface area contributed by atoms with Crippen LogP contribution in [0.1, 0.15) is 34.5 Å². The highest BCUT2D eigenvalue weighted by molar-refractivity contribution is 7.92. The number of sulfone groups is 1. The van der Waals surface area contributed by atoms with E-state index in [9.17, 15) is 23.4 Å². The summed E-state index contributed by atoms with van der Waals surface area (Å²) in [6.07, 6.45) is 0. The second-order valence-corrected chi connectivity index (χ2v) is 10.3. The number of aryl methyl sites for hydroxylation is 1. The molecule has 0 fully saturated rings. The number of hydrogen-bond acceptors (Lipinski definition) is 6. The number of rotatable bonds is 6. The van der Waals surface area contributed by atoms with Gasteiger partial charge in [-0.3, -0.25) is 4.79 Å². The van der Waals surface area contributed by atoms with Crippen molar-refractivity contribution in [2.75, 3.05) is 5.32 Å². The summed E-state index contributed by atoms with van der Waals surface area (Å²) < 4.78 is 26.2. The van der Waals surface area contributed by atoms with Crippen LogP contribution in [0.2, 0.25) is 5.02 Å². The number of aliphatic hydroxyl groups is 1. The molecule has 0 aliphatic carbocycles. The minimum absolute atomic E-state index is 0.00287. The molecule has 3 aromatic carbocycles. The Morgan fingerprint density at radius 1 is 1.09 bits per heavy atom. The Hall–Kier alpha value is -2.91. The zero-order valence-electron chi connectivity index (χ0n) is 17.4. The van der Waals surface area contributed by atoms with E-state index in [0.29, 0.717) is 11.1 Å². The largest absolute Gasteiger partial charge is 0.506 e. The van der Waals surface area contributed by atoms with Crippen molar-refractivity contribution >= 4 is 33.0 Å². The molecule has 2 unspecified atom stereocenters. The number of nitrogens with one attached hydrogen (secondary N) is 1. The van der Waals surface area contributed by atoms with Crippen LogP contribution in [0.25, 0.3) is 0 Å². The molecule has 7 nitrogen and oxygen atoms in total. The summed E-state index contributed by atoms with van der Waals surface area (Å²) in [5.74, 6) is -0.851. The Balaban J connectivity index is 1.94. The molecule has 9 heteroatoms. The number of phenolic OH excluding ortho intramolecular Hbond substituents is 1. The van der Waals surface area contributed by atoms with Crippen molar-refractivity contribution in [3.63, 3.8) is 0 Å². The number of aromatic hydroxyl groups is 1. The van der Waals surface area contributed by atoms with Crippen LogP contribution in [-0.2, 0) is 9.84 Å². The summed E-state index contributed by atoms with van der Waals surface area (Å²) in [6, 6.07) is 15.3. The molecule has 0 aromatic heterocycles. The maximum absolute atomic E-state index is 13.1. The van der Waals surface area contributed by atoms with Gasteiger partial charge in [0.2, 0.25) is 9.84 Å². The van der Waals surface area contributed by atoms with Gasteiger partial charge in [0.15, 0.2) is 4.93 Å². The lowest BCUT2D eigenvalue weighted by Gasteiger charge is -2.31. The second kappa shape index (κ2) is 8.91. The van der Waals surface area contributed by atoms with Crippen molar-refractivity contribution in [3.8, 4) is 5.75 Å². The number of phenols is 1. The topological polar surface area (TPSA) is 130 Å². The van der Waals surface area contributed by atoms with Crippen molar-refractivity contribution in [1.29, 1.82) is 0 Å². The molecule has 0 aliphatic rings. The van der Waals surface area contributed by atoms with Crippen molar-refractivity contribution < 1.29 is 23.4 Å². The minimum Gasteiger partial charge on any atom is -0.506 e. The highest BCUT2D eigenvalue weighted by atomic mass is 35.5. The first-order valence-electron chi connectivity index (χ1n) is 9.63. The standard InChI is InChI=1S/C23H23ClN2O5S/c1-14-7-6-10-16(11-14)32(30,31)23(2,29)21(25)17-12-20(27)19(13-18(17)24)26-22(28)15-8-4-3-5-9-15/h3-13,21,27,29H,25H2,1-2H3,(H,26,28). The summed E-state index contributed by atoms with van der Waals surface area (Å²) in [7, 11) is -4.28. The van der Waals surface area contributed by atoms with E-state index < -0.39 is 26.7 Å². The Morgan fingerprint density at radius 3 is 2.38 bits per heavy atom. The van der Waals surface area contributed by atoms with E-state index in [0.717, 1.165) is 13.0 Å². The van der Waals surface area contributed by atoms with Gasteiger partial charge in [0.25, 0.3) is 5.91 Å². The Kier molecular flexibility index (Phi) is 6.61. The van der Waals surface area contributed by atoms with E-state index in [2.05, 4.69) is 5.32 Å². The molecule has 0 aliphatic heterocycles. The number of nitrogens with two attached hydrogens (primary N) is 1. The summed E-state index contributed by atoms with van der Waals surface area (Å²) in [6.45, 7) is 2.80. The minimum atomic E-state index is -4.28. The van der Waals surface area contributed by atoms with Crippen LogP contribution in [0.3, 0.4) is 0 Å². The average Bonchev–Trinajstić information content (AvgIpc) is 2.76. The Bertz CT molecular complexity index is 1260. The molecule has 2 atom stereocenters. The number of hydrogen-bond donors (Lipinski definition) is 4. The first-order valence-corrected chi connectivity index (χ1v) is 11.5. The van der Waals surface area contributed by atoms with Crippen LogP contribution < -0.4 is 11.1 Å². The first-order chi connectivity index (χ1) is 14.9. The average molecular weight is 475 g/mol. The summed E-state index contributed by atoms with van der Waals surface area (Å²) in [5, 5.41) is 23.9. The van der Waals surface area contributed by atoms with E-state index in [1.807, 2.05) is 0 Å². The van der Waals surface area contributed by atoms with E-state index in [4.69, 9.17) is 17.3 Å². The van der Waals surface area contributed by atoms with E-state index >= 15 is 0 Å². The Labute approximate surface area is 191 Å². The van der Waals surface area contributed by atoms with Gasteiger partial charge >= 0.3 is 0 Å². The van der Waals surface area contributed by atoms with Crippen molar-refractivity contribution in [2.24, 2.45) is 5.73 Å². The Morgan fingerprint density at radius 2 is 1.75 bits per heavy atom. The quantitative estimate of drug-likeness (QED) is 0.402. The zero-order valence-corrected chi connectivity index (χ0v) is 19.0. The van der Waals surface area contributed by atoms with Crippen LogP contribution >= 0.6 is 11.6 Å². The third-order valence-corrected chi connectivity index (χ3v) is 7.70. The van der Waals surface area contributed by atoms with Gasteiger partial charge in [-0.25, -0.2) is 8.42 Å². The van der Waals surface area contributed by atoms with Gasteiger partial charge in [-0.05, 0) is 61.4 Å². The highest BCUT2D eigenvalue weighted by Crippen LogP contribution is 2.40. The molecule has 0 bridgehead atoms. The monoisotopic (exact) mass is 474 g/mol. The molecule has 1 amide bonds. The van der Waals surface area contributed by atoms with Gasteiger partial charge in [-0.1, -0.05) is 41.9 Å². The lowest BCUT2D eigenvalue weighted by Crippen LogP contribution is -2.45. The summed E-state index contributed by atoms with van der Waals surface area (Å²) in [4.78, 5) is 9.83. The summed E-state index contributed by atoms with van der Waals surface area (Å²) in [5.41, 5.74) is 7.22. The van der Waals surface area contributed by atoms with Gasteiger partial charge < -0.3 is 21.3 Å². The van der Waals surface area contributed by atoms with Crippen LogP contribution in [-0.4, -0.2) is 29.5 Å². The molecule has 168 valence electrons. The van der Waals surface area contributed by atoms with Crippen LogP contribution in [0, 0.1) is 6.92 Å². The van der Waals surface area contributed by atoms with Crippen molar-refractivity contribution in [3.05, 3.63) is 88.4 Å². The van der Waals surface area contributed by atoms with Crippen molar-refractivity contribution in [1.82, 2.24) is 0 Å². The maximum Gasteiger partial charge on any atom is 0.255 e. The summed E-state index contributed by atoms with van der Waals surface area (Å²) >= 11 is 6.30. The van der Waals surface area contributed by atoms with E-state index in [1.165, 1.54) is 18.2 Å². The van der Waals surface area contributed by atoms with Crippen LogP contribution in [0.15, 0.2) is 71.6 Å². The first kappa shape index (κ1) is 23.7.